The molecule has 5 rings (SSSR count). The number of carbonyl (C=O) groups is 3. The Morgan fingerprint density at radius 1 is 1.02 bits per heavy atom. The van der Waals surface area contributed by atoms with Gasteiger partial charge in [0.25, 0.3) is 11.8 Å². The lowest BCUT2D eigenvalue weighted by atomic mass is 9.76. The number of aromatic nitrogens is 1. The molecule has 2 aliphatic rings. The summed E-state index contributed by atoms with van der Waals surface area (Å²) in [6, 6.07) is 16.2. The van der Waals surface area contributed by atoms with Gasteiger partial charge in [-0.3, -0.25) is 24.2 Å². The summed E-state index contributed by atoms with van der Waals surface area (Å²) in [7, 11) is 0. The lowest BCUT2D eigenvalue weighted by Crippen LogP contribution is -2.59. The van der Waals surface area contributed by atoms with Crippen molar-refractivity contribution in [3.05, 3.63) is 99.3 Å². The van der Waals surface area contributed by atoms with Crippen LogP contribution in [-0.4, -0.2) is 39.7 Å². The first kappa shape index (κ1) is 28.1. The van der Waals surface area contributed by atoms with Crippen LogP contribution < -0.4 is 10.8 Å². The van der Waals surface area contributed by atoms with E-state index in [2.05, 4.69) is 15.8 Å². The molecule has 1 aromatic heterocycles. The fourth-order valence-corrected chi connectivity index (χ4v) is 6.39. The number of hydroxylamine groups is 1. The molecule has 1 aliphatic heterocycles. The van der Waals surface area contributed by atoms with Gasteiger partial charge in [-0.2, -0.15) is 0 Å². The third kappa shape index (κ3) is 5.84. The fourth-order valence-electron chi connectivity index (χ4n) is 5.87. The largest absolute Gasteiger partial charge is 0.352 e. The summed E-state index contributed by atoms with van der Waals surface area (Å²) in [6.45, 7) is 1.55. The zero-order chi connectivity index (χ0) is 28.2. The standard InChI is InChI=1S/C30H30Cl2N4O4/c1-18(37)34-25-11-4-5-12-26(25)36-28(23-14-13-19(31)16-24(23)32)27(21-9-2-3-10-22(21)30(36)39)29(38)35-40-17-20-8-6-7-15-33-20/h2-3,6-10,13-16,25-28H,4-5,11-12,17H2,1H3,(H,34,37)(H,35,38)/t25-,26-,27+,28-/m0/s1. The van der Waals surface area contributed by atoms with Gasteiger partial charge >= 0.3 is 0 Å². The number of nitrogens with zero attached hydrogens (tertiary/aromatic N) is 2. The number of amides is 3. The third-order valence-electron chi connectivity index (χ3n) is 7.53. The van der Waals surface area contributed by atoms with E-state index in [0.29, 0.717) is 38.9 Å². The molecule has 8 nitrogen and oxygen atoms in total. The van der Waals surface area contributed by atoms with Crippen molar-refractivity contribution in [2.24, 2.45) is 0 Å². The Morgan fingerprint density at radius 2 is 1.80 bits per heavy atom. The topological polar surface area (TPSA) is 101 Å². The normalized spacial score (nSPS) is 22.4. The molecule has 208 valence electrons. The average molecular weight is 582 g/mol. The maximum atomic E-state index is 14.2. The van der Waals surface area contributed by atoms with E-state index in [-0.39, 0.29) is 30.5 Å². The molecule has 1 fully saturated rings. The van der Waals surface area contributed by atoms with Crippen LogP contribution in [0.5, 0.6) is 0 Å². The van der Waals surface area contributed by atoms with Crippen molar-refractivity contribution in [1.82, 2.24) is 20.7 Å². The number of hydrogen-bond acceptors (Lipinski definition) is 5. The summed E-state index contributed by atoms with van der Waals surface area (Å²) in [5.41, 5.74) is 4.85. The molecule has 0 bridgehead atoms. The van der Waals surface area contributed by atoms with Gasteiger partial charge in [-0.15, -0.1) is 0 Å². The molecule has 3 aromatic rings. The highest BCUT2D eigenvalue weighted by atomic mass is 35.5. The van der Waals surface area contributed by atoms with E-state index in [1.54, 1.807) is 65.7 Å². The molecule has 0 saturated heterocycles. The van der Waals surface area contributed by atoms with Crippen molar-refractivity contribution in [3.8, 4) is 0 Å². The summed E-state index contributed by atoms with van der Waals surface area (Å²) in [5.74, 6) is -1.66. The minimum Gasteiger partial charge on any atom is -0.352 e. The fraction of sp³-hybridized carbons (Fsp3) is 0.333. The molecule has 4 atom stereocenters. The Hall–Kier alpha value is -3.46. The molecule has 1 saturated carbocycles. The van der Waals surface area contributed by atoms with Crippen molar-refractivity contribution in [3.63, 3.8) is 0 Å². The van der Waals surface area contributed by atoms with Crippen LogP contribution in [0, 0.1) is 0 Å². The molecule has 3 amide bonds. The zero-order valence-electron chi connectivity index (χ0n) is 22.0. The van der Waals surface area contributed by atoms with E-state index in [1.165, 1.54) is 6.92 Å². The van der Waals surface area contributed by atoms with Crippen molar-refractivity contribution in [1.29, 1.82) is 0 Å². The second kappa shape index (κ2) is 12.4. The average Bonchev–Trinajstić information content (AvgIpc) is 2.94. The maximum Gasteiger partial charge on any atom is 0.255 e. The molecule has 2 heterocycles. The van der Waals surface area contributed by atoms with Gasteiger partial charge in [-0.05, 0) is 54.3 Å². The van der Waals surface area contributed by atoms with Gasteiger partial charge in [0.2, 0.25) is 5.91 Å². The van der Waals surface area contributed by atoms with E-state index in [1.807, 2.05) is 6.07 Å². The van der Waals surface area contributed by atoms with Crippen LogP contribution in [0.4, 0.5) is 0 Å². The molecule has 0 radical (unpaired) electrons. The highest BCUT2D eigenvalue weighted by Gasteiger charge is 2.49. The third-order valence-corrected chi connectivity index (χ3v) is 8.10. The number of fused-ring (bicyclic) bond motifs is 1. The van der Waals surface area contributed by atoms with Crippen LogP contribution in [0.3, 0.4) is 0 Å². The lowest BCUT2D eigenvalue weighted by molar-refractivity contribution is -0.138. The quantitative estimate of drug-likeness (QED) is 0.366. The van der Waals surface area contributed by atoms with Gasteiger partial charge in [0.1, 0.15) is 6.61 Å². The Bertz CT molecular complexity index is 1400. The van der Waals surface area contributed by atoms with Gasteiger partial charge in [0.05, 0.1) is 23.7 Å². The summed E-state index contributed by atoms with van der Waals surface area (Å²) in [5, 5.41) is 3.83. The number of benzene rings is 2. The van der Waals surface area contributed by atoms with Gasteiger partial charge in [-0.25, -0.2) is 5.48 Å². The number of rotatable bonds is 7. The minimum absolute atomic E-state index is 0.0726. The first-order chi connectivity index (χ1) is 19.3. The first-order valence-corrected chi connectivity index (χ1v) is 14.1. The Labute approximate surface area is 243 Å². The van der Waals surface area contributed by atoms with Crippen LogP contribution in [0.2, 0.25) is 10.0 Å². The number of hydrogen-bond donors (Lipinski definition) is 2. The smallest absolute Gasteiger partial charge is 0.255 e. The van der Waals surface area contributed by atoms with Gasteiger partial charge in [-0.1, -0.05) is 66.4 Å². The molecule has 40 heavy (non-hydrogen) atoms. The Morgan fingerprint density at radius 3 is 2.55 bits per heavy atom. The molecule has 0 spiro atoms. The molecular weight excluding hydrogens is 551 g/mol. The van der Waals surface area contributed by atoms with Crippen molar-refractivity contribution >= 4 is 40.9 Å². The molecule has 2 aromatic carbocycles. The highest BCUT2D eigenvalue weighted by Crippen LogP contribution is 2.47. The first-order valence-electron chi connectivity index (χ1n) is 13.3. The summed E-state index contributed by atoms with van der Waals surface area (Å²) in [6.07, 6.45) is 4.86. The van der Waals surface area contributed by atoms with E-state index in [4.69, 9.17) is 28.0 Å². The monoisotopic (exact) mass is 580 g/mol. The van der Waals surface area contributed by atoms with Crippen molar-refractivity contribution < 1.29 is 19.2 Å². The lowest BCUT2D eigenvalue weighted by Gasteiger charge is -2.49. The summed E-state index contributed by atoms with van der Waals surface area (Å²) in [4.78, 5) is 51.9. The number of carbonyl (C=O) groups excluding carboxylic acids is 3. The number of pyridine rings is 1. The van der Waals surface area contributed by atoms with Gasteiger partial charge in [0.15, 0.2) is 0 Å². The SMILES string of the molecule is CC(=O)N[C@H]1CCCC[C@@H]1N1C(=O)c2ccccc2[C@@H](C(=O)NOCc2ccccn2)[C@@H]1c1ccc(Cl)cc1Cl. The maximum absolute atomic E-state index is 14.2. The second-order valence-corrected chi connectivity index (χ2v) is 11.0. The number of halogens is 2. The summed E-state index contributed by atoms with van der Waals surface area (Å²) < 4.78 is 0. The minimum atomic E-state index is -0.851. The molecule has 10 heteroatoms. The van der Waals surface area contributed by atoms with Crippen LogP contribution in [0.1, 0.15) is 71.7 Å². The van der Waals surface area contributed by atoms with Crippen LogP contribution >= 0.6 is 23.2 Å². The van der Waals surface area contributed by atoms with E-state index in [9.17, 15) is 14.4 Å². The van der Waals surface area contributed by atoms with Gasteiger partial charge in [0, 0.05) is 34.8 Å². The molecular formula is C30H30Cl2N4O4. The predicted molar refractivity (Wildman–Crippen MR) is 152 cm³/mol. The Balaban J connectivity index is 1.59. The van der Waals surface area contributed by atoms with Crippen molar-refractivity contribution in [2.45, 2.75) is 63.3 Å². The number of nitrogens with one attached hydrogen (secondary N) is 2. The molecule has 0 unspecified atom stereocenters. The zero-order valence-corrected chi connectivity index (χ0v) is 23.5. The van der Waals surface area contributed by atoms with E-state index in [0.717, 1.165) is 19.3 Å². The molecule has 1 aliphatic carbocycles. The van der Waals surface area contributed by atoms with E-state index < -0.39 is 17.9 Å². The van der Waals surface area contributed by atoms with Crippen LogP contribution in [-0.2, 0) is 21.0 Å². The highest BCUT2D eigenvalue weighted by molar-refractivity contribution is 6.35. The summed E-state index contributed by atoms with van der Waals surface area (Å²) >= 11 is 13.0. The Kier molecular flexibility index (Phi) is 8.69. The van der Waals surface area contributed by atoms with Crippen LogP contribution in [0.15, 0.2) is 66.9 Å². The second-order valence-electron chi connectivity index (χ2n) is 10.1. The van der Waals surface area contributed by atoms with Gasteiger partial charge < -0.3 is 10.2 Å². The van der Waals surface area contributed by atoms with Crippen LogP contribution in [0.25, 0.3) is 0 Å². The predicted octanol–water partition coefficient (Wildman–Crippen LogP) is 5.36. The van der Waals surface area contributed by atoms with Crippen molar-refractivity contribution in [2.75, 3.05) is 0 Å². The molecule has 2 N–H and O–H groups in total. The van der Waals surface area contributed by atoms with E-state index >= 15 is 0 Å².